The Morgan fingerprint density at radius 3 is 2.67 bits per heavy atom. The summed E-state index contributed by atoms with van der Waals surface area (Å²) in [5.41, 5.74) is 0.640. The van der Waals surface area contributed by atoms with Gasteiger partial charge in [-0.1, -0.05) is 25.5 Å². The van der Waals surface area contributed by atoms with Crippen LogP contribution >= 0.6 is 0 Å². The van der Waals surface area contributed by atoms with Gasteiger partial charge < -0.3 is 10.1 Å². The minimum Gasteiger partial charge on any atom is -0.383 e. The highest BCUT2D eigenvalue weighted by atomic mass is 32.2. The second kappa shape index (κ2) is 7.24. The Bertz CT molecular complexity index is 550. The lowest BCUT2D eigenvalue weighted by molar-refractivity contribution is 0.182. The molecule has 0 spiro atoms. The van der Waals surface area contributed by atoms with Gasteiger partial charge in [0.25, 0.3) is 0 Å². The van der Waals surface area contributed by atoms with Crippen LogP contribution in [-0.2, 0) is 14.8 Å². The van der Waals surface area contributed by atoms with Crippen molar-refractivity contribution in [2.45, 2.75) is 49.6 Å². The summed E-state index contributed by atoms with van der Waals surface area (Å²) < 4.78 is 32.8. The van der Waals surface area contributed by atoms with Crippen molar-refractivity contribution in [3.05, 3.63) is 24.3 Å². The van der Waals surface area contributed by atoms with Crippen molar-refractivity contribution in [2.24, 2.45) is 0 Å². The van der Waals surface area contributed by atoms with Crippen molar-refractivity contribution >= 4 is 15.7 Å². The van der Waals surface area contributed by atoms with Gasteiger partial charge in [0.1, 0.15) is 4.90 Å². The van der Waals surface area contributed by atoms with E-state index < -0.39 is 10.0 Å². The van der Waals surface area contributed by atoms with Crippen LogP contribution in [0.5, 0.6) is 0 Å². The van der Waals surface area contributed by atoms with E-state index in [4.69, 9.17) is 4.74 Å². The van der Waals surface area contributed by atoms with Crippen LogP contribution < -0.4 is 10.0 Å². The zero-order chi connectivity index (χ0) is 15.3. The lowest BCUT2D eigenvalue weighted by Gasteiger charge is -2.20. The van der Waals surface area contributed by atoms with Crippen LogP contribution in [0.25, 0.3) is 0 Å². The molecule has 0 bridgehead atoms. The van der Waals surface area contributed by atoms with Crippen LogP contribution in [0.1, 0.15) is 32.6 Å². The maximum absolute atomic E-state index is 12.4. The van der Waals surface area contributed by atoms with E-state index in [1.807, 2.05) is 6.07 Å². The highest BCUT2D eigenvalue weighted by Gasteiger charge is 2.29. The Kier molecular flexibility index (Phi) is 5.61. The Morgan fingerprint density at radius 2 is 2.05 bits per heavy atom. The highest BCUT2D eigenvalue weighted by molar-refractivity contribution is 7.89. The van der Waals surface area contributed by atoms with Gasteiger partial charge in [0.15, 0.2) is 0 Å². The van der Waals surface area contributed by atoms with E-state index in [1.54, 1.807) is 25.3 Å². The minimum atomic E-state index is -3.46. The first-order chi connectivity index (χ1) is 10.1. The van der Waals surface area contributed by atoms with Crippen LogP contribution in [0.3, 0.4) is 0 Å². The van der Waals surface area contributed by atoms with Crippen LogP contribution in [-0.4, -0.2) is 34.2 Å². The molecule has 0 aromatic heterocycles. The van der Waals surface area contributed by atoms with Crippen molar-refractivity contribution in [2.75, 3.05) is 19.0 Å². The average molecular weight is 312 g/mol. The fraction of sp³-hybridized carbons (Fsp3) is 0.600. The smallest absolute Gasteiger partial charge is 0.242 e. The van der Waals surface area contributed by atoms with E-state index >= 15 is 0 Å². The molecule has 2 N–H and O–H groups in total. The third-order valence-electron chi connectivity index (χ3n) is 3.44. The standard InChI is InChI=1S/C15H24N2O3S/c1-3-6-13(11-20-2)16-14-7-4-5-8-15(14)21(18,19)17-12-9-10-12/h4-5,7-8,12-13,16-17H,3,6,9-11H2,1-2H3. The van der Waals surface area contributed by atoms with E-state index in [1.165, 1.54) is 0 Å². The first-order valence-corrected chi connectivity index (χ1v) is 8.92. The molecule has 0 heterocycles. The summed E-state index contributed by atoms with van der Waals surface area (Å²) in [5.74, 6) is 0. The molecular formula is C15H24N2O3S. The molecule has 1 atom stereocenters. The molecule has 1 unspecified atom stereocenters. The van der Waals surface area contributed by atoms with Crippen molar-refractivity contribution in [3.8, 4) is 0 Å². The fourth-order valence-electron chi connectivity index (χ4n) is 2.27. The van der Waals surface area contributed by atoms with E-state index in [-0.39, 0.29) is 12.1 Å². The molecule has 0 amide bonds. The van der Waals surface area contributed by atoms with Crippen LogP contribution in [0.4, 0.5) is 5.69 Å². The van der Waals surface area contributed by atoms with Gasteiger partial charge in [0.2, 0.25) is 10.0 Å². The molecule has 1 aromatic rings. The summed E-state index contributed by atoms with van der Waals surface area (Å²) in [6, 6.07) is 7.25. The fourth-order valence-corrected chi connectivity index (χ4v) is 3.75. The molecule has 0 aliphatic heterocycles. The summed E-state index contributed by atoms with van der Waals surface area (Å²) in [5, 5.41) is 3.31. The Hall–Kier alpha value is -1.11. The maximum atomic E-state index is 12.4. The molecule has 5 nitrogen and oxygen atoms in total. The van der Waals surface area contributed by atoms with Gasteiger partial charge in [0, 0.05) is 19.2 Å². The van der Waals surface area contributed by atoms with Gasteiger partial charge in [-0.3, -0.25) is 0 Å². The van der Waals surface area contributed by atoms with E-state index in [0.717, 1.165) is 25.7 Å². The van der Waals surface area contributed by atoms with Gasteiger partial charge in [-0.05, 0) is 31.4 Å². The zero-order valence-corrected chi connectivity index (χ0v) is 13.4. The number of ether oxygens (including phenoxy) is 1. The molecule has 0 saturated heterocycles. The lowest BCUT2D eigenvalue weighted by Crippen LogP contribution is -2.29. The number of nitrogens with one attached hydrogen (secondary N) is 2. The van der Waals surface area contributed by atoms with Crippen LogP contribution in [0.2, 0.25) is 0 Å². The van der Waals surface area contributed by atoms with E-state index in [2.05, 4.69) is 17.0 Å². The predicted octanol–water partition coefficient (Wildman–Crippen LogP) is 2.35. The summed E-state index contributed by atoms with van der Waals surface area (Å²) >= 11 is 0. The van der Waals surface area contributed by atoms with Crippen LogP contribution in [0, 0.1) is 0 Å². The topological polar surface area (TPSA) is 67.4 Å². The zero-order valence-electron chi connectivity index (χ0n) is 12.6. The normalized spacial score (nSPS) is 16.7. The number of hydrogen-bond acceptors (Lipinski definition) is 4. The van der Waals surface area contributed by atoms with Crippen molar-refractivity contribution < 1.29 is 13.2 Å². The first-order valence-electron chi connectivity index (χ1n) is 7.43. The summed E-state index contributed by atoms with van der Waals surface area (Å²) in [7, 11) is -1.80. The Morgan fingerprint density at radius 1 is 1.33 bits per heavy atom. The quantitative estimate of drug-likeness (QED) is 0.734. The van der Waals surface area contributed by atoms with Gasteiger partial charge in [-0.25, -0.2) is 13.1 Å². The van der Waals surface area contributed by atoms with E-state index in [9.17, 15) is 8.42 Å². The first kappa shape index (κ1) is 16.3. The number of benzene rings is 1. The largest absolute Gasteiger partial charge is 0.383 e. The van der Waals surface area contributed by atoms with Crippen molar-refractivity contribution in [3.63, 3.8) is 0 Å². The summed E-state index contributed by atoms with van der Waals surface area (Å²) in [4.78, 5) is 0.314. The minimum absolute atomic E-state index is 0.105. The molecule has 1 aliphatic carbocycles. The molecular weight excluding hydrogens is 288 g/mol. The average Bonchev–Trinajstić information content (AvgIpc) is 3.23. The molecule has 2 rings (SSSR count). The monoisotopic (exact) mass is 312 g/mol. The molecule has 1 aliphatic rings. The molecule has 21 heavy (non-hydrogen) atoms. The van der Waals surface area contributed by atoms with Crippen molar-refractivity contribution in [1.82, 2.24) is 4.72 Å². The van der Waals surface area contributed by atoms with Crippen LogP contribution in [0.15, 0.2) is 29.2 Å². The number of hydrogen-bond donors (Lipinski definition) is 2. The Balaban J connectivity index is 2.19. The van der Waals surface area contributed by atoms with Gasteiger partial charge >= 0.3 is 0 Å². The molecule has 118 valence electrons. The van der Waals surface area contributed by atoms with Crippen molar-refractivity contribution in [1.29, 1.82) is 0 Å². The van der Waals surface area contributed by atoms with Gasteiger partial charge in [0.05, 0.1) is 12.3 Å². The molecule has 1 saturated carbocycles. The SMILES string of the molecule is CCCC(COC)Nc1ccccc1S(=O)(=O)NC1CC1. The maximum Gasteiger partial charge on any atom is 0.242 e. The third-order valence-corrected chi connectivity index (χ3v) is 5.02. The summed E-state index contributed by atoms with van der Waals surface area (Å²) in [6.45, 7) is 2.65. The molecule has 6 heteroatoms. The molecule has 1 fully saturated rings. The number of sulfonamides is 1. The number of rotatable bonds is 9. The van der Waals surface area contributed by atoms with Gasteiger partial charge in [-0.15, -0.1) is 0 Å². The molecule has 1 aromatic carbocycles. The second-order valence-electron chi connectivity index (χ2n) is 5.48. The molecule has 0 radical (unpaired) electrons. The van der Waals surface area contributed by atoms with E-state index in [0.29, 0.717) is 17.2 Å². The predicted molar refractivity (Wildman–Crippen MR) is 84.0 cm³/mol. The highest BCUT2D eigenvalue weighted by Crippen LogP contribution is 2.26. The van der Waals surface area contributed by atoms with Gasteiger partial charge in [-0.2, -0.15) is 0 Å². The number of para-hydroxylation sites is 1. The number of anilines is 1. The Labute approximate surface area is 127 Å². The summed E-state index contributed by atoms with van der Waals surface area (Å²) in [6.07, 6.45) is 3.79. The lowest BCUT2D eigenvalue weighted by atomic mass is 10.1. The second-order valence-corrected chi connectivity index (χ2v) is 7.16. The third kappa shape index (κ3) is 4.69. The number of methoxy groups -OCH3 is 1.